The van der Waals surface area contributed by atoms with E-state index in [0.717, 1.165) is 32.9 Å². The van der Waals surface area contributed by atoms with Gasteiger partial charge in [-0.15, -0.1) is 22.7 Å². The Balaban J connectivity index is 1.63. The summed E-state index contributed by atoms with van der Waals surface area (Å²) < 4.78 is 2.02. The van der Waals surface area contributed by atoms with Crippen LogP contribution in [0.15, 0.2) is 41.9 Å². The Kier molecular flexibility index (Phi) is 3.96. The lowest BCUT2D eigenvalue weighted by Gasteiger charge is -2.00. The van der Waals surface area contributed by atoms with Crippen LogP contribution in [0.5, 0.6) is 0 Å². The number of aryl methyl sites for hydroxylation is 1. The highest BCUT2D eigenvalue weighted by molar-refractivity contribution is 7.18. The van der Waals surface area contributed by atoms with Gasteiger partial charge in [0.05, 0.1) is 21.3 Å². The van der Waals surface area contributed by atoms with E-state index in [1.54, 1.807) is 17.6 Å². The van der Waals surface area contributed by atoms with Gasteiger partial charge in [-0.2, -0.15) is 0 Å². The highest BCUT2D eigenvalue weighted by atomic mass is 32.1. The molecule has 0 atom stereocenters. The zero-order valence-electron chi connectivity index (χ0n) is 13.1. The number of hydroxylamine groups is 1. The molecule has 0 unspecified atom stereocenters. The maximum Gasteiger partial charge on any atom is 0.284 e. The van der Waals surface area contributed by atoms with Crippen molar-refractivity contribution in [1.82, 2.24) is 19.8 Å². The van der Waals surface area contributed by atoms with E-state index >= 15 is 0 Å². The van der Waals surface area contributed by atoms with Gasteiger partial charge >= 0.3 is 0 Å². The number of aromatic nitrogens is 3. The largest absolute Gasteiger partial charge is 0.323 e. The molecule has 0 radical (unpaired) electrons. The van der Waals surface area contributed by atoms with Gasteiger partial charge in [0.1, 0.15) is 11.3 Å². The molecule has 4 aromatic heterocycles. The van der Waals surface area contributed by atoms with E-state index in [1.165, 1.54) is 22.7 Å². The predicted molar refractivity (Wildman–Crippen MR) is 97.9 cm³/mol. The third-order valence-corrected chi connectivity index (χ3v) is 5.37. The topological polar surface area (TPSA) is 91.5 Å². The molecule has 3 N–H and O–H groups in total. The fourth-order valence-electron chi connectivity index (χ4n) is 2.55. The SMILES string of the molecule is Cc1nc2ccccn2c1-c1csc(Nc2ccc(C(=O)NO)s2)n1. The number of thiazole rings is 1. The van der Waals surface area contributed by atoms with Gasteiger partial charge in [0.25, 0.3) is 5.91 Å². The van der Waals surface area contributed by atoms with Gasteiger partial charge in [-0.05, 0) is 31.2 Å². The maximum atomic E-state index is 11.4. The van der Waals surface area contributed by atoms with Crippen LogP contribution in [0.25, 0.3) is 17.0 Å². The summed E-state index contributed by atoms with van der Waals surface area (Å²) in [7, 11) is 0. The van der Waals surface area contributed by atoms with Gasteiger partial charge in [0.2, 0.25) is 0 Å². The normalized spacial score (nSPS) is 11.0. The molecule has 0 aromatic carbocycles. The molecule has 1 amide bonds. The van der Waals surface area contributed by atoms with Gasteiger partial charge in [-0.25, -0.2) is 15.4 Å². The summed E-state index contributed by atoms with van der Waals surface area (Å²) >= 11 is 2.72. The molecule has 7 nitrogen and oxygen atoms in total. The highest BCUT2D eigenvalue weighted by Crippen LogP contribution is 2.31. The second-order valence-electron chi connectivity index (χ2n) is 5.24. The Bertz CT molecular complexity index is 1070. The summed E-state index contributed by atoms with van der Waals surface area (Å²) in [5.74, 6) is -0.528. The Morgan fingerprint density at radius 3 is 2.96 bits per heavy atom. The van der Waals surface area contributed by atoms with Crippen molar-refractivity contribution in [3.8, 4) is 11.4 Å². The molecule has 0 aliphatic carbocycles. The number of nitrogens with zero attached hydrogens (tertiary/aromatic N) is 3. The van der Waals surface area contributed by atoms with E-state index in [-0.39, 0.29) is 0 Å². The first kappa shape index (κ1) is 15.8. The number of hydrogen-bond donors (Lipinski definition) is 3. The zero-order valence-corrected chi connectivity index (χ0v) is 14.7. The molecule has 0 fully saturated rings. The lowest BCUT2D eigenvalue weighted by molar-refractivity contribution is 0.0711. The number of thiophene rings is 1. The van der Waals surface area contributed by atoms with Crippen LogP contribution in [-0.2, 0) is 0 Å². The summed E-state index contributed by atoms with van der Waals surface area (Å²) in [5.41, 5.74) is 5.23. The molecule has 4 aromatic rings. The molecule has 0 aliphatic heterocycles. The quantitative estimate of drug-likeness (QED) is 0.376. The Hall–Kier alpha value is -2.75. The standard InChI is InChI=1S/C16H13N5O2S2/c1-9-14(21-7-3-2-4-12(21)17-9)10-8-24-16(18-10)19-13-6-5-11(25-13)15(22)20-23/h2-8,23H,1H3,(H,18,19)(H,20,22). The van der Waals surface area contributed by atoms with Crippen LogP contribution in [0, 0.1) is 6.92 Å². The van der Waals surface area contributed by atoms with Crippen LogP contribution in [-0.4, -0.2) is 25.5 Å². The molecular weight excluding hydrogens is 358 g/mol. The second kappa shape index (κ2) is 6.28. The van der Waals surface area contributed by atoms with Crippen molar-refractivity contribution < 1.29 is 10.0 Å². The van der Waals surface area contributed by atoms with Crippen molar-refractivity contribution in [2.24, 2.45) is 0 Å². The molecule has 0 saturated carbocycles. The smallest absolute Gasteiger partial charge is 0.284 e. The average molecular weight is 371 g/mol. The van der Waals surface area contributed by atoms with Gasteiger partial charge in [0.15, 0.2) is 5.13 Å². The van der Waals surface area contributed by atoms with Crippen molar-refractivity contribution in [3.05, 3.63) is 52.5 Å². The zero-order chi connectivity index (χ0) is 17.4. The maximum absolute atomic E-state index is 11.4. The van der Waals surface area contributed by atoms with Crippen LogP contribution in [0.2, 0.25) is 0 Å². The monoisotopic (exact) mass is 371 g/mol. The lowest BCUT2D eigenvalue weighted by Crippen LogP contribution is -2.16. The van der Waals surface area contributed by atoms with E-state index in [4.69, 9.17) is 5.21 Å². The van der Waals surface area contributed by atoms with Gasteiger partial charge in [-0.3, -0.25) is 14.4 Å². The first-order chi connectivity index (χ1) is 12.2. The first-order valence-electron chi connectivity index (χ1n) is 7.36. The van der Waals surface area contributed by atoms with Crippen molar-refractivity contribution in [1.29, 1.82) is 0 Å². The number of carbonyl (C=O) groups is 1. The number of carbonyl (C=O) groups excluding carboxylic acids is 1. The summed E-state index contributed by atoms with van der Waals surface area (Å²) in [6, 6.07) is 9.29. The van der Waals surface area contributed by atoms with Crippen molar-refractivity contribution in [2.45, 2.75) is 6.92 Å². The number of hydrogen-bond acceptors (Lipinski definition) is 7. The third kappa shape index (κ3) is 2.88. The molecule has 0 bridgehead atoms. The number of amides is 1. The Morgan fingerprint density at radius 1 is 1.24 bits per heavy atom. The third-order valence-electron chi connectivity index (χ3n) is 3.61. The van der Waals surface area contributed by atoms with Crippen molar-refractivity contribution in [2.75, 3.05) is 5.32 Å². The minimum absolute atomic E-state index is 0.416. The van der Waals surface area contributed by atoms with Crippen LogP contribution in [0.3, 0.4) is 0 Å². The van der Waals surface area contributed by atoms with Crippen LogP contribution in [0.4, 0.5) is 10.1 Å². The van der Waals surface area contributed by atoms with Crippen molar-refractivity contribution in [3.63, 3.8) is 0 Å². The lowest BCUT2D eigenvalue weighted by atomic mass is 10.3. The number of nitrogens with one attached hydrogen (secondary N) is 2. The van der Waals surface area contributed by atoms with Crippen LogP contribution < -0.4 is 10.8 Å². The van der Waals surface area contributed by atoms with Crippen LogP contribution >= 0.6 is 22.7 Å². The Labute approximate surface area is 150 Å². The van der Waals surface area contributed by atoms with Crippen LogP contribution in [0.1, 0.15) is 15.4 Å². The van der Waals surface area contributed by atoms with E-state index in [2.05, 4.69) is 15.3 Å². The van der Waals surface area contributed by atoms with Crippen molar-refractivity contribution >= 4 is 44.4 Å². The fraction of sp³-hybridized carbons (Fsp3) is 0.0625. The number of rotatable bonds is 4. The molecule has 25 heavy (non-hydrogen) atoms. The summed E-state index contributed by atoms with van der Waals surface area (Å²) in [6.45, 7) is 1.97. The molecule has 0 aliphatic rings. The summed E-state index contributed by atoms with van der Waals surface area (Å²) in [4.78, 5) is 21.0. The molecular formula is C16H13N5O2S2. The number of fused-ring (bicyclic) bond motifs is 1. The number of imidazole rings is 1. The highest BCUT2D eigenvalue weighted by Gasteiger charge is 2.15. The minimum atomic E-state index is -0.528. The van der Waals surface area contributed by atoms with E-state index in [9.17, 15) is 4.79 Å². The van der Waals surface area contributed by atoms with Gasteiger partial charge < -0.3 is 5.32 Å². The molecule has 0 spiro atoms. The average Bonchev–Trinajstić information content (AvgIpc) is 3.32. The predicted octanol–water partition coefficient (Wildman–Crippen LogP) is 3.69. The van der Waals surface area contributed by atoms with Gasteiger partial charge in [-0.1, -0.05) is 6.07 Å². The van der Waals surface area contributed by atoms with Gasteiger partial charge in [0, 0.05) is 11.6 Å². The summed E-state index contributed by atoms with van der Waals surface area (Å²) in [6.07, 6.45) is 1.97. The molecule has 9 heteroatoms. The minimum Gasteiger partial charge on any atom is -0.323 e. The fourth-order valence-corrected chi connectivity index (χ4v) is 4.12. The second-order valence-corrected chi connectivity index (χ2v) is 7.18. The molecule has 4 rings (SSSR count). The first-order valence-corrected chi connectivity index (χ1v) is 9.06. The van der Waals surface area contributed by atoms with E-state index in [0.29, 0.717) is 4.88 Å². The van der Waals surface area contributed by atoms with E-state index < -0.39 is 5.91 Å². The molecule has 4 heterocycles. The number of pyridine rings is 1. The molecule has 0 saturated heterocycles. The molecule has 126 valence electrons. The summed E-state index contributed by atoms with van der Waals surface area (Å²) in [5, 5.41) is 15.3. The Morgan fingerprint density at radius 2 is 2.12 bits per heavy atom. The van der Waals surface area contributed by atoms with E-state index in [1.807, 2.05) is 41.1 Å². The number of anilines is 2.